The molecule has 1 aliphatic rings. The third kappa shape index (κ3) is 6.34. The maximum Gasteiger partial charge on any atom is 0.411 e. The van der Waals surface area contributed by atoms with E-state index in [9.17, 15) is 9.59 Å². The second kappa shape index (κ2) is 12.2. The van der Waals surface area contributed by atoms with Crippen LogP contribution >= 0.6 is 23.1 Å². The highest BCUT2D eigenvalue weighted by molar-refractivity contribution is 7.99. The molecule has 4 N–H and O–H groups in total. The van der Waals surface area contributed by atoms with Gasteiger partial charge in [-0.2, -0.15) is 0 Å². The number of hydrogen-bond donors (Lipinski definition) is 3. The number of aromatic nitrogens is 1. The normalized spacial score (nSPS) is 12.3. The third-order valence-electron chi connectivity index (χ3n) is 7.41. The van der Waals surface area contributed by atoms with Gasteiger partial charge >= 0.3 is 6.09 Å². The highest BCUT2D eigenvalue weighted by atomic mass is 32.2. The highest BCUT2D eigenvalue weighted by Crippen LogP contribution is 2.44. The first-order chi connectivity index (χ1) is 21.2. The van der Waals surface area contributed by atoms with Gasteiger partial charge in [-0.15, -0.1) is 11.3 Å². The molecule has 0 fully saturated rings. The van der Waals surface area contributed by atoms with E-state index in [0.29, 0.717) is 22.1 Å². The predicted molar refractivity (Wildman–Crippen MR) is 179 cm³/mol. The van der Waals surface area contributed by atoms with Gasteiger partial charge in [-0.1, -0.05) is 81.1 Å². The Morgan fingerprint density at radius 3 is 2.18 bits per heavy atom. The van der Waals surface area contributed by atoms with Crippen molar-refractivity contribution in [3.8, 4) is 11.1 Å². The average Bonchev–Trinajstić information content (AvgIpc) is 3.61. The Hall–Kier alpha value is -4.60. The summed E-state index contributed by atoms with van der Waals surface area (Å²) in [4.78, 5) is 32.7. The monoisotopic (exact) mass is 620 g/mol. The minimum absolute atomic E-state index is 0.00327. The number of nitrogen functional groups attached to an aromatic ring is 1. The summed E-state index contributed by atoms with van der Waals surface area (Å²) in [5.41, 5.74) is 12.6. The van der Waals surface area contributed by atoms with Gasteiger partial charge in [-0.3, -0.25) is 15.4 Å². The van der Waals surface area contributed by atoms with E-state index in [-0.39, 0.29) is 23.8 Å². The Bertz CT molecular complexity index is 1800. The number of fused-ring (bicyclic) bond motifs is 3. The molecule has 1 aromatic heterocycles. The number of benzene rings is 4. The van der Waals surface area contributed by atoms with Crippen molar-refractivity contribution >= 4 is 51.6 Å². The first-order valence-corrected chi connectivity index (χ1v) is 15.9. The summed E-state index contributed by atoms with van der Waals surface area (Å²) in [6.07, 6.45) is 1.30. The lowest BCUT2D eigenvalue weighted by Crippen LogP contribution is -2.17. The number of thiazole rings is 1. The lowest BCUT2D eigenvalue weighted by molar-refractivity contribution is 0.102. The first-order valence-electron chi connectivity index (χ1n) is 14.2. The highest BCUT2D eigenvalue weighted by Gasteiger charge is 2.29. The molecule has 5 aromatic rings. The molecule has 0 saturated heterocycles. The van der Waals surface area contributed by atoms with Gasteiger partial charge < -0.3 is 10.5 Å². The fraction of sp³-hybridized carbons (Fsp3) is 0.171. The van der Waals surface area contributed by atoms with Crippen molar-refractivity contribution in [2.24, 2.45) is 0 Å². The van der Waals surface area contributed by atoms with Crippen LogP contribution < -0.4 is 16.4 Å². The second-order valence-corrected chi connectivity index (χ2v) is 13.7. The number of carbonyl (C=O) groups is 2. The Kier molecular flexibility index (Phi) is 8.16. The zero-order valence-electron chi connectivity index (χ0n) is 24.6. The van der Waals surface area contributed by atoms with Crippen LogP contribution in [0.2, 0.25) is 0 Å². The maximum atomic E-state index is 12.8. The van der Waals surface area contributed by atoms with E-state index in [0.717, 1.165) is 14.7 Å². The fourth-order valence-electron chi connectivity index (χ4n) is 5.12. The number of nitrogens with two attached hydrogens (primary N) is 1. The lowest BCUT2D eigenvalue weighted by Gasteiger charge is -2.14. The van der Waals surface area contributed by atoms with Crippen molar-refractivity contribution in [3.05, 3.63) is 119 Å². The summed E-state index contributed by atoms with van der Waals surface area (Å²) in [7, 11) is 0. The molecule has 44 heavy (non-hydrogen) atoms. The standard InChI is InChI=1S/C35H32N4O3S2/c1-35(2,3)31-19-37-33(44-31)39-32(40)21-12-17-30(29(36)18-21)43-23-15-13-22(14-16-23)38-34(41)42-20-28-26-10-6-4-8-24(26)25-9-5-7-11-27(25)28/h4-19,28H,20,36H2,1-3H3,(H,38,41)(H,37,39,40). The van der Waals surface area contributed by atoms with Crippen molar-refractivity contribution in [2.75, 3.05) is 23.0 Å². The zero-order valence-corrected chi connectivity index (χ0v) is 26.2. The van der Waals surface area contributed by atoms with Gasteiger partial charge in [0, 0.05) is 43.7 Å². The Morgan fingerprint density at radius 2 is 1.57 bits per heavy atom. The molecule has 0 unspecified atom stereocenters. The molecule has 0 saturated carbocycles. The minimum atomic E-state index is -0.502. The number of hydrogen-bond acceptors (Lipinski definition) is 7. The molecule has 0 aliphatic heterocycles. The van der Waals surface area contributed by atoms with Crippen molar-refractivity contribution in [2.45, 2.75) is 41.9 Å². The minimum Gasteiger partial charge on any atom is -0.448 e. The van der Waals surface area contributed by atoms with E-state index in [4.69, 9.17) is 10.5 Å². The molecule has 1 heterocycles. The molecule has 1 aliphatic carbocycles. The average molecular weight is 621 g/mol. The summed E-state index contributed by atoms with van der Waals surface area (Å²) >= 11 is 2.94. The summed E-state index contributed by atoms with van der Waals surface area (Å²) in [5.74, 6) is -0.254. The lowest BCUT2D eigenvalue weighted by atomic mass is 9.96. The van der Waals surface area contributed by atoms with Crippen LogP contribution in [0, 0.1) is 0 Å². The van der Waals surface area contributed by atoms with Gasteiger partial charge in [0.25, 0.3) is 5.91 Å². The Balaban J connectivity index is 1.03. The van der Waals surface area contributed by atoms with Crippen LogP contribution in [0.25, 0.3) is 11.1 Å². The second-order valence-electron chi connectivity index (χ2n) is 11.6. The van der Waals surface area contributed by atoms with Crippen molar-refractivity contribution < 1.29 is 14.3 Å². The molecule has 9 heteroatoms. The Labute approximate surface area is 264 Å². The van der Waals surface area contributed by atoms with E-state index in [2.05, 4.69) is 60.7 Å². The molecule has 4 aromatic carbocycles. The van der Waals surface area contributed by atoms with Crippen LogP contribution in [-0.4, -0.2) is 23.6 Å². The maximum absolute atomic E-state index is 12.8. The summed E-state index contributed by atoms with van der Waals surface area (Å²) in [5, 5.41) is 6.24. The summed E-state index contributed by atoms with van der Waals surface area (Å²) in [6, 6.07) is 29.2. The number of rotatable bonds is 7. The number of amides is 2. The molecule has 222 valence electrons. The first kappa shape index (κ1) is 29.5. The number of nitrogens with zero attached hydrogens (tertiary/aromatic N) is 1. The van der Waals surface area contributed by atoms with Crippen LogP contribution in [0.4, 0.5) is 21.3 Å². The number of carbonyl (C=O) groups excluding carboxylic acids is 2. The molecule has 0 atom stereocenters. The molecule has 0 spiro atoms. The molecule has 2 amide bonds. The van der Waals surface area contributed by atoms with E-state index in [1.807, 2.05) is 54.6 Å². The van der Waals surface area contributed by atoms with Crippen molar-refractivity contribution in [3.63, 3.8) is 0 Å². The molecular weight excluding hydrogens is 589 g/mol. The van der Waals surface area contributed by atoms with Crippen LogP contribution in [-0.2, 0) is 10.2 Å². The summed E-state index contributed by atoms with van der Waals surface area (Å²) in [6.45, 7) is 6.58. The van der Waals surface area contributed by atoms with E-state index in [1.54, 1.807) is 18.3 Å². The molecule has 0 bridgehead atoms. The zero-order chi connectivity index (χ0) is 30.8. The van der Waals surface area contributed by atoms with Gasteiger partial charge in [0.05, 0.1) is 0 Å². The quantitative estimate of drug-likeness (QED) is 0.157. The molecule has 0 radical (unpaired) electrons. The largest absolute Gasteiger partial charge is 0.448 e. The van der Waals surface area contributed by atoms with Gasteiger partial charge in [0.2, 0.25) is 0 Å². The Morgan fingerprint density at radius 1 is 0.909 bits per heavy atom. The topological polar surface area (TPSA) is 106 Å². The van der Waals surface area contributed by atoms with Crippen molar-refractivity contribution in [1.29, 1.82) is 0 Å². The number of anilines is 3. The molecular formula is C35H32N4O3S2. The number of nitrogens with one attached hydrogen (secondary N) is 2. The van der Waals surface area contributed by atoms with Gasteiger partial charge in [0.15, 0.2) is 5.13 Å². The van der Waals surface area contributed by atoms with Crippen LogP contribution in [0.15, 0.2) is 107 Å². The molecule has 6 rings (SSSR count). The van der Waals surface area contributed by atoms with Crippen LogP contribution in [0.5, 0.6) is 0 Å². The van der Waals surface area contributed by atoms with Crippen molar-refractivity contribution in [1.82, 2.24) is 4.98 Å². The van der Waals surface area contributed by atoms with E-state index in [1.165, 1.54) is 45.4 Å². The number of ether oxygens (including phenoxy) is 1. The van der Waals surface area contributed by atoms with Gasteiger partial charge in [-0.25, -0.2) is 9.78 Å². The van der Waals surface area contributed by atoms with Crippen LogP contribution in [0.1, 0.15) is 53.1 Å². The van der Waals surface area contributed by atoms with Crippen LogP contribution in [0.3, 0.4) is 0 Å². The van der Waals surface area contributed by atoms with E-state index < -0.39 is 6.09 Å². The fourth-order valence-corrected chi connectivity index (χ4v) is 6.82. The smallest absolute Gasteiger partial charge is 0.411 e. The van der Waals surface area contributed by atoms with E-state index >= 15 is 0 Å². The molecule has 7 nitrogen and oxygen atoms in total. The SMILES string of the molecule is CC(C)(C)c1cnc(NC(=O)c2ccc(Sc3ccc(NC(=O)OCC4c5ccccc5-c5ccccc54)cc3)c(N)c2)s1. The predicted octanol–water partition coefficient (Wildman–Crippen LogP) is 8.79. The third-order valence-corrected chi connectivity index (χ3v) is 9.85. The van der Waals surface area contributed by atoms with Gasteiger partial charge in [0.1, 0.15) is 6.61 Å². The summed E-state index contributed by atoms with van der Waals surface area (Å²) < 4.78 is 5.66. The van der Waals surface area contributed by atoms with Gasteiger partial charge in [-0.05, 0) is 70.1 Å².